The van der Waals surface area contributed by atoms with Gasteiger partial charge in [0.1, 0.15) is 0 Å². The Morgan fingerprint density at radius 2 is 2.32 bits per heavy atom. The number of nitrogens with zero attached hydrogens (tertiary/aromatic N) is 3. The van der Waals surface area contributed by atoms with Crippen molar-refractivity contribution < 1.29 is 4.79 Å². The lowest BCUT2D eigenvalue weighted by Crippen LogP contribution is -2.32. The Kier molecular flexibility index (Phi) is 3.33. The molecule has 4 nitrogen and oxygen atoms in total. The second-order valence-electron chi connectivity index (χ2n) is 6.15. The monoisotopic (exact) mass is 261 g/mol. The Balaban J connectivity index is 1.65. The molecule has 19 heavy (non-hydrogen) atoms. The molecule has 0 N–H and O–H groups in total. The summed E-state index contributed by atoms with van der Waals surface area (Å²) in [6.07, 6.45) is 9.82. The van der Waals surface area contributed by atoms with Crippen LogP contribution in [0.5, 0.6) is 0 Å². The maximum atomic E-state index is 12.5. The molecule has 3 rings (SSSR count). The maximum absolute atomic E-state index is 12.5. The van der Waals surface area contributed by atoms with Gasteiger partial charge >= 0.3 is 0 Å². The van der Waals surface area contributed by atoms with E-state index in [1.54, 1.807) is 10.9 Å². The van der Waals surface area contributed by atoms with E-state index in [-0.39, 0.29) is 5.91 Å². The van der Waals surface area contributed by atoms with E-state index < -0.39 is 0 Å². The lowest BCUT2D eigenvalue weighted by molar-refractivity contribution is -0.119. The highest BCUT2D eigenvalue weighted by Gasteiger charge is 2.40. The van der Waals surface area contributed by atoms with Gasteiger partial charge in [-0.1, -0.05) is 6.42 Å². The number of aryl methyl sites for hydroxylation is 1. The lowest BCUT2D eigenvalue weighted by atomic mass is 9.86. The molecule has 0 aliphatic heterocycles. The van der Waals surface area contributed by atoms with Gasteiger partial charge in [-0.05, 0) is 43.9 Å². The fourth-order valence-corrected chi connectivity index (χ4v) is 4.01. The van der Waals surface area contributed by atoms with E-state index in [9.17, 15) is 4.79 Å². The quantitative estimate of drug-likeness (QED) is 0.835. The highest BCUT2D eigenvalue weighted by atomic mass is 16.2. The molecule has 1 amide bonds. The summed E-state index contributed by atoms with van der Waals surface area (Å²) >= 11 is 0. The first kappa shape index (κ1) is 12.7. The van der Waals surface area contributed by atoms with Crippen molar-refractivity contribution in [2.24, 2.45) is 24.8 Å². The van der Waals surface area contributed by atoms with Gasteiger partial charge in [0, 0.05) is 26.2 Å². The summed E-state index contributed by atoms with van der Waals surface area (Å²) in [7, 11) is 1.89. The molecule has 1 heterocycles. The van der Waals surface area contributed by atoms with Crippen molar-refractivity contribution in [1.82, 2.24) is 9.78 Å². The first-order valence-electron chi connectivity index (χ1n) is 7.46. The van der Waals surface area contributed by atoms with Gasteiger partial charge < -0.3 is 4.90 Å². The summed E-state index contributed by atoms with van der Waals surface area (Å²) in [4.78, 5) is 14.4. The number of rotatable bonds is 4. The van der Waals surface area contributed by atoms with Crippen LogP contribution in [0.1, 0.15) is 39.0 Å². The molecule has 1 aromatic heterocycles. The van der Waals surface area contributed by atoms with Crippen LogP contribution >= 0.6 is 0 Å². The summed E-state index contributed by atoms with van der Waals surface area (Å²) in [6, 6.07) is 0. The number of hydrogen-bond donors (Lipinski definition) is 0. The Bertz CT molecular complexity index is 468. The minimum atomic E-state index is 0.271. The Labute approximate surface area is 114 Å². The van der Waals surface area contributed by atoms with Gasteiger partial charge in [0.05, 0.1) is 11.9 Å². The third kappa shape index (κ3) is 2.40. The molecule has 0 radical (unpaired) electrons. The van der Waals surface area contributed by atoms with Crippen molar-refractivity contribution in [3.63, 3.8) is 0 Å². The van der Waals surface area contributed by atoms with Crippen LogP contribution < -0.4 is 4.90 Å². The zero-order chi connectivity index (χ0) is 13.4. The molecule has 2 aliphatic carbocycles. The minimum absolute atomic E-state index is 0.271. The van der Waals surface area contributed by atoms with Crippen LogP contribution in [0, 0.1) is 17.8 Å². The second kappa shape index (κ2) is 4.99. The fourth-order valence-electron chi connectivity index (χ4n) is 4.01. The number of hydrogen-bond acceptors (Lipinski definition) is 2. The van der Waals surface area contributed by atoms with Gasteiger partial charge in [-0.25, -0.2) is 0 Å². The summed E-state index contributed by atoms with van der Waals surface area (Å²) in [6.45, 7) is 2.76. The van der Waals surface area contributed by atoms with Crippen LogP contribution in [0.4, 0.5) is 5.69 Å². The summed E-state index contributed by atoms with van der Waals surface area (Å²) in [5.41, 5.74) is 0.929. The Morgan fingerprint density at radius 1 is 1.47 bits per heavy atom. The summed E-state index contributed by atoms with van der Waals surface area (Å²) < 4.78 is 1.75. The second-order valence-corrected chi connectivity index (χ2v) is 6.15. The molecule has 2 bridgehead atoms. The summed E-state index contributed by atoms with van der Waals surface area (Å²) in [5.74, 6) is 2.64. The van der Waals surface area contributed by atoms with Gasteiger partial charge in [-0.3, -0.25) is 9.48 Å². The van der Waals surface area contributed by atoms with E-state index in [2.05, 4.69) is 5.10 Å². The largest absolute Gasteiger partial charge is 0.310 e. The van der Waals surface area contributed by atoms with Crippen LogP contribution in [0.25, 0.3) is 0 Å². The number of carbonyl (C=O) groups is 1. The average molecular weight is 261 g/mol. The van der Waals surface area contributed by atoms with E-state index >= 15 is 0 Å². The van der Waals surface area contributed by atoms with E-state index in [1.165, 1.54) is 25.7 Å². The Hall–Kier alpha value is -1.32. The fraction of sp³-hybridized carbons (Fsp3) is 0.733. The highest BCUT2D eigenvalue weighted by molar-refractivity contribution is 5.93. The third-order valence-corrected chi connectivity index (χ3v) is 4.94. The van der Waals surface area contributed by atoms with Gasteiger partial charge in [0.25, 0.3) is 0 Å². The molecule has 4 heteroatoms. The molecular formula is C15H23N3O. The molecule has 0 saturated heterocycles. The molecule has 2 fully saturated rings. The van der Waals surface area contributed by atoms with E-state index in [4.69, 9.17) is 0 Å². The van der Waals surface area contributed by atoms with Crippen molar-refractivity contribution >= 4 is 11.6 Å². The average Bonchev–Trinajstić information content (AvgIpc) is 3.07. The lowest BCUT2D eigenvalue weighted by Gasteiger charge is -2.25. The van der Waals surface area contributed by atoms with Gasteiger partial charge in [-0.15, -0.1) is 0 Å². The van der Waals surface area contributed by atoms with Crippen molar-refractivity contribution in [3.8, 4) is 0 Å². The van der Waals surface area contributed by atoms with E-state index in [0.29, 0.717) is 5.92 Å². The maximum Gasteiger partial charge on any atom is 0.227 e. The Morgan fingerprint density at radius 3 is 2.84 bits per heavy atom. The van der Waals surface area contributed by atoms with Gasteiger partial charge in [0.2, 0.25) is 5.91 Å². The zero-order valence-electron chi connectivity index (χ0n) is 11.9. The number of aromatic nitrogens is 2. The van der Waals surface area contributed by atoms with Crippen LogP contribution in [-0.4, -0.2) is 22.2 Å². The molecule has 0 spiro atoms. The van der Waals surface area contributed by atoms with Crippen LogP contribution in [-0.2, 0) is 11.8 Å². The zero-order valence-corrected chi connectivity index (χ0v) is 11.9. The predicted octanol–water partition coefficient (Wildman–Crippen LogP) is 2.60. The SMILES string of the molecule is CCN(C(=O)CC1CC2CCC1C2)c1cnn(C)c1. The van der Waals surface area contributed by atoms with E-state index in [1.807, 2.05) is 25.1 Å². The van der Waals surface area contributed by atoms with Gasteiger partial charge in [-0.2, -0.15) is 5.10 Å². The van der Waals surface area contributed by atoms with Crippen molar-refractivity contribution in [3.05, 3.63) is 12.4 Å². The molecule has 2 aliphatic rings. The van der Waals surface area contributed by atoms with Crippen molar-refractivity contribution in [2.45, 2.75) is 39.0 Å². The standard InChI is InChI=1S/C15H23N3O/c1-3-18(14-9-16-17(2)10-14)15(19)8-13-7-11-4-5-12(13)6-11/h9-13H,3-8H2,1-2H3. The van der Waals surface area contributed by atoms with Crippen LogP contribution in [0.15, 0.2) is 12.4 Å². The third-order valence-electron chi connectivity index (χ3n) is 4.94. The first-order valence-corrected chi connectivity index (χ1v) is 7.46. The smallest absolute Gasteiger partial charge is 0.227 e. The number of carbonyl (C=O) groups excluding carboxylic acids is 1. The minimum Gasteiger partial charge on any atom is -0.310 e. The first-order chi connectivity index (χ1) is 9.17. The highest BCUT2D eigenvalue weighted by Crippen LogP contribution is 2.49. The van der Waals surface area contributed by atoms with Gasteiger partial charge in [0.15, 0.2) is 0 Å². The topological polar surface area (TPSA) is 38.1 Å². The molecule has 1 aromatic rings. The van der Waals surface area contributed by atoms with Crippen molar-refractivity contribution in [2.75, 3.05) is 11.4 Å². The normalized spacial score (nSPS) is 28.8. The molecular weight excluding hydrogens is 238 g/mol. The predicted molar refractivity (Wildman–Crippen MR) is 74.8 cm³/mol. The molecule has 3 atom stereocenters. The molecule has 104 valence electrons. The number of amides is 1. The number of fused-ring (bicyclic) bond motifs is 2. The van der Waals surface area contributed by atoms with E-state index in [0.717, 1.165) is 30.5 Å². The molecule has 3 unspecified atom stereocenters. The summed E-state index contributed by atoms with van der Waals surface area (Å²) in [5, 5.41) is 4.16. The number of anilines is 1. The molecule has 0 aromatic carbocycles. The molecule has 2 saturated carbocycles. The van der Waals surface area contributed by atoms with Crippen LogP contribution in [0.2, 0.25) is 0 Å². The van der Waals surface area contributed by atoms with Crippen molar-refractivity contribution in [1.29, 1.82) is 0 Å². The van der Waals surface area contributed by atoms with Crippen LogP contribution in [0.3, 0.4) is 0 Å².